The number of phenolic OH excluding ortho intramolecular Hbond substituents is 1. The molecule has 4 heteroatoms. The van der Waals surface area contributed by atoms with Gasteiger partial charge in [0.15, 0.2) is 0 Å². The van der Waals surface area contributed by atoms with Gasteiger partial charge in [-0.05, 0) is 29.8 Å². The monoisotopic (exact) mass is 293 g/mol. The Labute approximate surface area is 108 Å². The van der Waals surface area contributed by atoms with Gasteiger partial charge in [-0.15, -0.1) is 0 Å². The maximum atomic E-state index is 9.14. The van der Waals surface area contributed by atoms with Crippen LogP contribution in [0.2, 0.25) is 0 Å². The van der Waals surface area contributed by atoms with E-state index in [2.05, 4.69) is 20.9 Å². The fourth-order valence-electron chi connectivity index (χ4n) is 1.33. The Balaban J connectivity index is 1.95. The zero-order valence-corrected chi connectivity index (χ0v) is 10.7. The number of pyridine rings is 1. The molecule has 0 saturated carbocycles. The maximum Gasteiger partial charge on any atom is 0.138 e. The summed E-state index contributed by atoms with van der Waals surface area (Å²) in [6, 6.07) is 10.8. The number of aromatic nitrogens is 1. The predicted molar refractivity (Wildman–Crippen MR) is 69.3 cm³/mol. The van der Waals surface area contributed by atoms with E-state index in [0.29, 0.717) is 6.61 Å². The second kappa shape index (κ2) is 5.68. The Hall–Kier alpha value is -1.55. The quantitative estimate of drug-likeness (QED) is 0.880. The lowest BCUT2D eigenvalue weighted by atomic mass is 10.2. The molecule has 0 amide bonds. The summed E-state index contributed by atoms with van der Waals surface area (Å²) in [6.45, 7) is 0.468. The average molecular weight is 294 g/mol. The molecule has 1 aromatic heterocycles. The van der Waals surface area contributed by atoms with Crippen LogP contribution in [0.15, 0.2) is 42.6 Å². The van der Waals surface area contributed by atoms with Gasteiger partial charge in [-0.2, -0.15) is 0 Å². The Morgan fingerprint density at radius 3 is 2.47 bits per heavy atom. The molecule has 88 valence electrons. The Bertz CT molecular complexity index is 468. The maximum absolute atomic E-state index is 9.14. The molecule has 2 rings (SSSR count). The molecule has 1 N–H and O–H groups in total. The molecule has 3 nitrogen and oxygen atoms in total. The molecule has 0 aliphatic carbocycles. The zero-order valence-electron chi connectivity index (χ0n) is 9.14. The normalized spacial score (nSPS) is 10.2. The van der Waals surface area contributed by atoms with E-state index in [1.807, 2.05) is 24.3 Å². The molecule has 0 aliphatic heterocycles. The lowest BCUT2D eigenvalue weighted by Gasteiger charge is -2.06. The van der Waals surface area contributed by atoms with Crippen LogP contribution >= 0.6 is 15.9 Å². The number of ether oxygens (including phenoxy) is 1. The highest BCUT2D eigenvalue weighted by Gasteiger charge is 1.97. The third-order valence-electron chi connectivity index (χ3n) is 2.28. The van der Waals surface area contributed by atoms with Gasteiger partial charge >= 0.3 is 0 Å². The van der Waals surface area contributed by atoms with Crippen molar-refractivity contribution in [3.05, 3.63) is 53.9 Å². The average Bonchev–Trinajstić information content (AvgIpc) is 2.39. The molecule has 2 aromatic rings. The first kappa shape index (κ1) is 11.9. The number of rotatable bonds is 4. The molecular formula is C13H12BrNO2. The molecule has 0 saturated heterocycles. The number of phenols is 1. The van der Waals surface area contributed by atoms with Crippen LogP contribution in [0.5, 0.6) is 11.5 Å². The van der Waals surface area contributed by atoms with E-state index in [1.54, 1.807) is 18.3 Å². The fraction of sp³-hybridized carbons (Fsp3) is 0.154. The van der Waals surface area contributed by atoms with Gasteiger partial charge in [0.05, 0.1) is 11.9 Å². The number of aromatic hydroxyl groups is 1. The van der Waals surface area contributed by atoms with E-state index in [0.717, 1.165) is 22.3 Å². The number of hydrogen-bond donors (Lipinski definition) is 1. The first-order chi connectivity index (χ1) is 8.28. The number of hydrogen-bond acceptors (Lipinski definition) is 3. The molecule has 0 radical (unpaired) electrons. The summed E-state index contributed by atoms with van der Waals surface area (Å²) in [4.78, 5) is 4.21. The highest BCUT2D eigenvalue weighted by atomic mass is 79.9. The third kappa shape index (κ3) is 3.46. The first-order valence-corrected chi connectivity index (χ1v) is 6.31. The highest BCUT2D eigenvalue weighted by Crippen LogP contribution is 2.14. The van der Waals surface area contributed by atoms with Crippen molar-refractivity contribution in [1.82, 2.24) is 4.98 Å². The van der Waals surface area contributed by atoms with Crippen molar-refractivity contribution >= 4 is 15.9 Å². The number of benzene rings is 1. The van der Waals surface area contributed by atoms with Crippen molar-refractivity contribution in [2.45, 2.75) is 11.9 Å². The van der Waals surface area contributed by atoms with Crippen LogP contribution in [0.4, 0.5) is 0 Å². The molecular weight excluding hydrogens is 282 g/mol. The third-order valence-corrected chi connectivity index (χ3v) is 2.85. The molecule has 0 unspecified atom stereocenters. The van der Waals surface area contributed by atoms with Gasteiger partial charge in [0.1, 0.15) is 18.1 Å². The van der Waals surface area contributed by atoms with Crippen molar-refractivity contribution < 1.29 is 9.84 Å². The van der Waals surface area contributed by atoms with Gasteiger partial charge in [0, 0.05) is 5.33 Å². The van der Waals surface area contributed by atoms with Crippen LogP contribution in [0, 0.1) is 0 Å². The van der Waals surface area contributed by atoms with E-state index in [9.17, 15) is 0 Å². The number of nitrogens with zero attached hydrogens (tertiary/aromatic N) is 1. The molecule has 0 fully saturated rings. The summed E-state index contributed by atoms with van der Waals surface area (Å²) < 4.78 is 5.57. The van der Waals surface area contributed by atoms with Crippen molar-refractivity contribution in [2.24, 2.45) is 0 Å². The predicted octanol–water partition coefficient (Wildman–Crippen LogP) is 3.26. The molecule has 0 aliphatic rings. The van der Waals surface area contributed by atoms with Crippen LogP contribution in [-0.4, -0.2) is 10.1 Å². The summed E-state index contributed by atoms with van der Waals surface area (Å²) in [5.74, 6) is 1.000. The SMILES string of the molecule is Oc1ccc(COc2ccc(CBr)nc2)cc1. The van der Waals surface area contributed by atoms with E-state index in [-0.39, 0.29) is 5.75 Å². The van der Waals surface area contributed by atoms with E-state index < -0.39 is 0 Å². The molecule has 17 heavy (non-hydrogen) atoms. The second-order valence-electron chi connectivity index (χ2n) is 3.57. The van der Waals surface area contributed by atoms with Crippen molar-refractivity contribution in [3.63, 3.8) is 0 Å². The van der Waals surface area contributed by atoms with Gasteiger partial charge < -0.3 is 9.84 Å². The van der Waals surface area contributed by atoms with Crippen LogP contribution in [-0.2, 0) is 11.9 Å². The second-order valence-corrected chi connectivity index (χ2v) is 4.13. The van der Waals surface area contributed by atoms with Crippen molar-refractivity contribution in [1.29, 1.82) is 0 Å². The van der Waals surface area contributed by atoms with E-state index in [1.165, 1.54) is 0 Å². The summed E-state index contributed by atoms with van der Waals surface area (Å²) in [5, 5.41) is 9.89. The summed E-state index contributed by atoms with van der Waals surface area (Å²) in [7, 11) is 0. The molecule has 0 atom stereocenters. The number of alkyl halides is 1. The highest BCUT2D eigenvalue weighted by molar-refractivity contribution is 9.08. The number of halogens is 1. The largest absolute Gasteiger partial charge is 0.508 e. The Kier molecular flexibility index (Phi) is 3.98. The standard InChI is InChI=1S/C13H12BrNO2/c14-7-11-3-6-13(8-15-11)17-9-10-1-4-12(16)5-2-10/h1-6,8,16H,7,9H2. The minimum absolute atomic E-state index is 0.261. The van der Waals surface area contributed by atoms with Crippen molar-refractivity contribution in [2.75, 3.05) is 0 Å². The minimum Gasteiger partial charge on any atom is -0.508 e. The van der Waals surface area contributed by atoms with Gasteiger partial charge in [0.25, 0.3) is 0 Å². The topological polar surface area (TPSA) is 42.4 Å². The lowest BCUT2D eigenvalue weighted by molar-refractivity contribution is 0.304. The smallest absolute Gasteiger partial charge is 0.138 e. The fourth-order valence-corrected chi connectivity index (χ4v) is 1.67. The minimum atomic E-state index is 0.261. The van der Waals surface area contributed by atoms with Gasteiger partial charge in [-0.1, -0.05) is 28.1 Å². The first-order valence-electron chi connectivity index (χ1n) is 5.19. The van der Waals surface area contributed by atoms with Crippen molar-refractivity contribution in [3.8, 4) is 11.5 Å². The summed E-state index contributed by atoms with van der Waals surface area (Å²) in [5.41, 5.74) is 1.98. The summed E-state index contributed by atoms with van der Waals surface area (Å²) >= 11 is 3.34. The molecule has 0 spiro atoms. The molecule has 1 aromatic carbocycles. The summed E-state index contributed by atoms with van der Waals surface area (Å²) in [6.07, 6.45) is 1.71. The Morgan fingerprint density at radius 1 is 1.12 bits per heavy atom. The zero-order chi connectivity index (χ0) is 12.1. The van der Waals surface area contributed by atoms with Crippen LogP contribution < -0.4 is 4.74 Å². The van der Waals surface area contributed by atoms with Gasteiger partial charge in [-0.25, -0.2) is 0 Å². The Morgan fingerprint density at radius 2 is 1.88 bits per heavy atom. The van der Waals surface area contributed by atoms with Gasteiger partial charge in [-0.3, -0.25) is 4.98 Å². The molecule has 0 bridgehead atoms. The molecule has 1 heterocycles. The van der Waals surface area contributed by atoms with E-state index >= 15 is 0 Å². The van der Waals surface area contributed by atoms with E-state index in [4.69, 9.17) is 9.84 Å². The van der Waals surface area contributed by atoms with Crippen LogP contribution in [0.1, 0.15) is 11.3 Å². The van der Waals surface area contributed by atoms with Gasteiger partial charge in [0.2, 0.25) is 0 Å². The van der Waals surface area contributed by atoms with Crippen LogP contribution in [0.3, 0.4) is 0 Å². The van der Waals surface area contributed by atoms with Crippen LogP contribution in [0.25, 0.3) is 0 Å². The lowest BCUT2D eigenvalue weighted by Crippen LogP contribution is -1.96.